The average molecular weight is 692 g/mol. The highest BCUT2D eigenvalue weighted by atomic mass is 79.9. The fourth-order valence-corrected chi connectivity index (χ4v) is 5.55. The summed E-state index contributed by atoms with van der Waals surface area (Å²) in [6, 6.07) is 25.8. The minimum absolute atomic E-state index is 0.221. The lowest BCUT2D eigenvalue weighted by atomic mass is 10.1. The Bertz CT molecular complexity index is 2220. The van der Waals surface area contributed by atoms with E-state index in [-0.39, 0.29) is 23.9 Å². The third-order valence-corrected chi connectivity index (χ3v) is 7.85. The summed E-state index contributed by atoms with van der Waals surface area (Å²) in [6.07, 6.45) is 3.74. The van der Waals surface area contributed by atoms with Gasteiger partial charge in [-0.2, -0.15) is 9.78 Å². The van der Waals surface area contributed by atoms with Crippen molar-refractivity contribution in [1.29, 1.82) is 0 Å². The zero-order valence-corrected chi connectivity index (χ0v) is 27.4. The van der Waals surface area contributed by atoms with Crippen LogP contribution in [0.4, 0.5) is 5.69 Å². The summed E-state index contributed by atoms with van der Waals surface area (Å²) in [4.78, 5) is 31.3. The summed E-state index contributed by atoms with van der Waals surface area (Å²) in [6.45, 7) is 7.82. The van der Waals surface area contributed by atoms with E-state index in [1.807, 2.05) is 74.5 Å². The Morgan fingerprint density at radius 1 is 1.06 bits per heavy atom. The largest absolute Gasteiger partial charge is 0.490 e. The van der Waals surface area contributed by atoms with E-state index < -0.39 is 0 Å². The monoisotopic (exact) mass is 690 g/mol. The average Bonchev–Trinajstić information content (AvgIpc) is 3.48. The normalized spacial score (nSPS) is 11.3. The summed E-state index contributed by atoms with van der Waals surface area (Å²) in [5, 5.41) is 8.77. The van der Waals surface area contributed by atoms with Crippen molar-refractivity contribution < 1.29 is 18.7 Å². The summed E-state index contributed by atoms with van der Waals surface area (Å²) < 4.78 is 20.2. The van der Waals surface area contributed by atoms with E-state index in [1.165, 1.54) is 4.68 Å². The Morgan fingerprint density at radius 2 is 1.87 bits per heavy atom. The molecule has 0 atom stereocenters. The van der Waals surface area contributed by atoms with Gasteiger partial charge in [0.05, 0.1) is 23.7 Å². The minimum atomic E-state index is -0.348. The number of nitrogens with one attached hydrogen (secondary N) is 1. The first-order valence-electron chi connectivity index (χ1n) is 15.0. The van der Waals surface area contributed by atoms with Crippen molar-refractivity contribution in [3.63, 3.8) is 0 Å². The zero-order valence-electron chi connectivity index (χ0n) is 25.8. The van der Waals surface area contributed by atoms with Crippen LogP contribution in [0.2, 0.25) is 0 Å². The number of furan rings is 1. The maximum Gasteiger partial charge on any atom is 0.282 e. The van der Waals surface area contributed by atoms with Gasteiger partial charge >= 0.3 is 0 Å². The lowest BCUT2D eigenvalue weighted by molar-refractivity contribution is -0.118. The molecule has 0 unspecified atom stereocenters. The van der Waals surface area contributed by atoms with Crippen molar-refractivity contribution in [3.8, 4) is 23.1 Å². The number of hydrogen-bond donors (Lipinski definition) is 1. The molecule has 6 rings (SSSR count). The molecule has 47 heavy (non-hydrogen) atoms. The van der Waals surface area contributed by atoms with Gasteiger partial charge in [0, 0.05) is 21.1 Å². The van der Waals surface area contributed by atoms with Crippen LogP contribution in [0, 0.1) is 6.92 Å². The highest BCUT2D eigenvalue weighted by molar-refractivity contribution is 9.10. The van der Waals surface area contributed by atoms with Gasteiger partial charge in [-0.05, 0) is 86.0 Å². The topological polar surface area (TPSA) is 108 Å². The van der Waals surface area contributed by atoms with Gasteiger partial charge in [0.25, 0.3) is 11.5 Å². The van der Waals surface area contributed by atoms with Crippen molar-refractivity contribution in [1.82, 2.24) is 9.66 Å². The number of rotatable bonds is 11. The Labute approximate surface area is 279 Å². The smallest absolute Gasteiger partial charge is 0.282 e. The third-order valence-electron chi connectivity index (χ3n) is 7.36. The van der Waals surface area contributed by atoms with Crippen LogP contribution in [0.25, 0.3) is 33.5 Å². The van der Waals surface area contributed by atoms with E-state index >= 15 is 0 Å². The number of amides is 1. The SMILES string of the molecule is C=CCc1cc(C=Nn2c(-c3cc4cc(Br)ccc4o3)nc3ccccc3c2=O)cc(OCC)c1OCC(=O)Nc1ccccc1C. The van der Waals surface area contributed by atoms with Crippen molar-refractivity contribution in [2.45, 2.75) is 20.3 Å². The number of carbonyl (C=O) groups excluding carboxylic acids is 1. The van der Waals surface area contributed by atoms with Crippen molar-refractivity contribution in [2.75, 3.05) is 18.5 Å². The first-order chi connectivity index (χ1) is 22.8. The van der Waals surface area contributed by atoms with Gasteiger partial charge < -0.3 is 19.2 Å². The van der Waals surface area contributed by atoms with Gasteiger partial charge in [0.15, 0.2) is 23.9 Å². The maximum atomic E-state index is 13.8. The van der Waals surface area contributed by atoms with Gasteiger partial charge in [-0.3, -0.25) is 9.59 Å². The van der Waals surface area contributed by atoms with E-state index in [2.05, 4.69) is 32.9 Å². The van der Waals surface area contributed by atoms with Crippen LogP contribution >= 0.6 is 15.9 Å². The number of halogens is 1. The zero-order chi connectivity index (χ0) is 32.9. The quantitative estimate of drug-likeness (QED) is 0.109. The Balaban J connectivity index is 1.37. The number of hydrogen-bond acceptors (Lipinski definition) is 7. The number of nitrogens with zero attached hydrogens (tertiary/aromatic N) is 3. The molecular weight excluding hydrogens is 660 g/mol. The molecule has 0 aliphatic rings. The van der Waals surface area contributed by atoms with E-state index in [9.17, 15) is 9.59 Å². The van der Waals surface area contributed by atoms with Crippen molar-refractivity contribution >= 4 is 55.6 Å². The Kier molecular flexibility index (Phi) is 9.30. The van der Waals surface area contributed by atoms with E-state index in [4.69, 9.17) is 18.9 Å². The number of benzene rings is 4. The number of fused-ring (bicyclic) bond motifs is 2. The molecule has 2 aromatic heterocycles. The summed E-state index contributed by atoms with van der Waals surface area (Å²) in [7, 11) is 0. The molecule has 0 aliphatic heterocycles. The first-order valence-corrected chi connectivity index (χ1v) is 15.8. The lowest BCUT2D eigenvalue weighted by Crippen LogP contribution is -2.21. The molecule has 0 fully saturated rings. The number of aromatic nitrogens is 2. The standard InChI is InChI=1S/C37H31BrN4O5/c1-4-10-25-17-24(18-32(45-5-2)35(25)46-22-34(43)40-29-13-8-6-11-23(29)3)21-39-42-36(41-30-14-9-7-12-28(30)37(42)44)33-20-26-19-27(38)15-16-31(26)47-33/h4,6-9,11-21H,1,5,10,22H2,2-3H3,(H,40,43). The van der Waals surface area contributed by atoms with Crippen LogP contribution in [0.3, 0.4) is 0 Å². The molecule has 236 valence electrons. The molecule has 0 spiro atoms. The molecule has 6 aromatic rings. The summed E-state index contributed by atoms with van der Waals surface area (Å²) in [5.74, 6) is 1.22. The molecule has 0 aliphatic carbocycles. The van der Waals surface area contributed by atoms with Gasteiger partial charge in [-0.1, -0.05) is 52.3 Å². The second kappa shape index (κ2) is 13.9. The van der Waals surface area contributed by atoms with E-state index in [1.54, 1.807) is 36.6 Å². The molecule has 0 bridgehead atoms. The molecule has 0 saturated carbocycles. The fourth-order valence-electron chi connectivity index (χ4n) is 5.17. The number of aryl methyl sites for hydroxylation is 1. The molecule has 0 radical (unpaired) electrons. The summed E-state index contributed by atoms with van der Waals surface area (Å²) in [5.41, 5.74) is 3.88. The Morgan fingerprint density at radius 3 is 2.68 bits per heavy atom. The minimum Gasteiger partial charge on any atom is -0.490 e. The third kappa shape index (κ3) is 6.87. The van der Waals surface area contributed by atoms with Crippen LogP contribution in [-0.2, 0) is 11.2 Å². The second-order valence-corrected chi connectivity index (χ2v) is 11.6. The van der Waals surface area contributed by atoms with Crippen molar-refractivity contribution in [3.05, 3.63) is 129 Å². The van der Waals surface area contributed by atoms with Gasteiger partial charge in [-0.25, -0.2) is 4.98 Å². The Hall–Kier alpha value is -5.48. The molecule has 4 aromatic carbocycles. The predicted octanol–water partition coefficient (Wildman–Crippen LogP) is 7.91. The molecular formula is C37H31BrN4O5. The van der Waals surface area contributed by atoms with Crippen molar-refractivity contribution in [2.24, 2.45) is 5.10 Å². The number of allylic oxidation sites excluding steroid dienone is 1. The highest BCUT2D eigenvalue weighted by Gasteiger charge is 2.18. The predicted molar refractivity (Wildman–Crippen MR) is 189 cm³/mol. The molecule has 10 heteroatoms. The van der Waals surface area contributed by atoms with Gasteiger partial charge in [0.2, 0.25) is 5.82 Å². The lowest BCUT2D eigenvalue weighted by Gasteiger charge is -2.17. The van der Waals surface area contributed by atoms with Crippen LogP contribution in [0.5, 0.6) is 11.5 Å². The van der Waals surface area contributed by atoms with E-state index in [0.717, 1.165) is 26.7 Å². The fraction of sp³-hybridized carbons (Fsp3) is 0.135. The van der Waals surface area contributed by atoms with Gasteiger partial charge in [-0.15, -0.1) is 6.58 Å². The number of ether oxygens (including phenoxy) is 2. The highest BCUT2D eigenvalue weighted by Crippen LogP contribution is 2.34. The number of anilines is 1. The number of para-hydroxylation sites is 2. The molecule has 9 nitrogen and oxygen atoms in total. The van der Waals surface area contributed by atoms with Crippen LogP contribution in [0.15, 0.2) is 116 Å². The van der Waals surface area contributed by atoms with Crippen LogP contribution < -0.4 is 20.3 Å². The van der Waals surface area contributed by atoms with Crippen LogP contribution in [-0.4, -0.2) is 35.0 Å². The summed E-state index contributed by atoms with van der Waals surface area (Å²) >= 11 is 3.50. The van der Waals surface area contributed by atoms with E-state index in [0.29, 0.717) is 52.3 Å². The molecule has 2 heterocycles. The maximum absolute atomic E-state index is 13.8. The first kappa shape index (κ1) is 31.5. The second-order valence-electron chi connectivity index (χ2n) is 10.7. The van der Waals surface area contributed by atoms with Gasteiger partial charge in [0.1, 0.15) is 5.58 Å². The van der Waals surface area contributed by atoms with Crippen LogP contribution in [0.1, 0.15) is 23.6 Å². The molecule has 1 N–H and O–H groups in total. The number of carbonyl (C=O) groups is 1. The molecule has 0 saturated heterocycles. The molecule has 1 amide bonds.